The molecule has 0 heterocycles. The first-order valence-electron chi connectivity index (χ1n) is 7.05. The topological polar surface area (TPSA) is 60.2 Å². The van der Waals surface area contributed by atoms with Crippen molar-refractivity contribution < 1.29 is 8.42 Å². The first-order valence-corrected chi connectivity index (χ1v) is 8.87. The Morgan fingerprint density at radius 1 is 0.773 bits per heavy atom. The monoisotopic (exact) mass is 311 g/mol. The van der Waals surface area contributed by atoms with Crippen LogP contribution in [0.3, 0.4) is 0 Å². The summed E-state index contributed by atoms with van der Waals surface area (Å²) >= 11 is 0. The summed E-state index contributed by atoms with van der Waals surface area (Å²) in [5, 5.41) is 2.05. The van der Waals surface area contributed by atoms with Gasteiger partial charge in [-0.05, 0) is 34.0 Å². The van der Waals surface area contributed by atoms with E-state index in [1.807, 2.05) is 42.5 Å². The lowest BCUT2D eigenvalue weighted by atomic mass is 10.1. The highest BCUT2D eigenvalue weighted by Gasteiger charge is 2.14. The van der Waals surface area contributed by atoms with Crippen LogP contribution in [0, 0.1) is 0 Å². The normalized spacial score (nSPS) is 11.6. The van der Waals surface area contributed by atoms with Crippen molar-refractivity contribution >= 4 is 26.3 Å². The van der Waals surface area contributed by atoms with Gasteiger partial charge in [0.25, 0.3) is 0 Å². The fourth-order valence-electron chi connectivity index (χ4n) is 2.57. The summed E-state index contributed by atoms with van der Waals surface area (Å²) in [5.41, 5.74) is 7.86. The lowest BCUT2D eigenvalue weighted by molar-refractivity contribution is 0.594. The van der Waals surface area contributed by atoms with E-state index < -0.39 is 9.84 Å². The highest BCUT2D eigenvalue weighted by Crippen LogP contribution is 2.22. The largest absolute Gasteiger partial charge is 0.399 e. The predicted octanol–water partition coefficient (Wildman–Crippen LogP) is 3.54. The lowest BCUT2D eigenvalue weighted by Crippen LogP contribution is -2.08. The molecule has 0 saturated carbocycles. The highest BCUT2D eigenvalue weighted by molar-refractivity contribution is 7.89. The molecule has 3 aromatic carbocycles. The van der Waals surface area contributed by atoms with Crippen molar-refractivity contribution in [3.05, 3.63) is 77.9 Å². The Balaban J connectivity index is 1.88. The molecule has 4 heteroatoms. The Hall–Kier alpha value is -2.33. The van der Waals surface area contributed by atoms with E-state index in [2.05, 4.69) is 0 Å². The summed E-state index contributed by atoms with van der Waals surface area (Å²) in [4.78, 5) is 0. The molecular formula is C18H17NO2S. The number of anilines is 1. The van der Waals surface area contributed by atoms with Crippen molar-refractivity contribution in [2.45, 2.75) is 11.5 Å². The maximum Gasteiger partial charge on any atom is 0.158 e. The molecule has 0 aliphatic rings. The van der Waals surface area contributed by atoms with Gasteiger partial charge in [0.2, 0.25) is 0 Å². The third-order valence-corrected chi connectivity index (χ3v) is 5.15. The van der Waals surface area contributed by atoms with Crippen LogP contribution in [-0.2, 0) is 21.3 Å². The van der Waals surface area contributed by atoms with Gasteiger partial charge in [-0.15, -0.1) is 0 Å². The van der Waals surface area contributed by atoms with E-state index in [9.17, 15) is 8.42 Å². The minimum atomic E-state index is -3.23. The third kappa shape index (κ3) is 3.28. The standard InChI is InChI=1S/C18H17NO2S/c19-17-10-8-14(9-11-17)12-22(20,21)13-16-6-3-5-15-4-1-2-7-18(15)16/h1-11H,12-13,19H2. The second-order valence-corrected chi connectivity index (χ2v) is 7.48. The van der Waals surface area contributed by atoms with Crippen molar-refractivity contribution in [1.29, 1.82) is 0 Å². The van der Waals surface area contributed by atoms with Gasteiger partial charge in [-0.2, -0.15) is 0 Å². The van der Waals surface area contributed by atoms with Crippen LogP contribution >= 0.6 is 0 Å². The second kappa shape index (κ2) is 5.81. The van der Waals surface area contributed by atoms with Gasteiger partial charge in [-0.25, -0.2) is 8.42 Å². The highest BCUT2D eigenvalue weighted by atomic mass is 32.2. The molecule has 0 saturated heterocycles. The quantitative estimate of drug-likeness (QED) is 0.750. The van der Waals surface area contributed by atoms with Gasteiger partial charge in [0, 0.05) is 5.69 Å². The zero-order valence-corrected chi connectivity index (χ0v) is 12.9. The zero-order chi connectivity index (χ0) is 15.6. The van der Waals surface area contributed by atoms with E-state index in [1.54, 1.807) is 24.3 Å². The number of hydrogen-bond donors (Lipinski definition) is 1. The Labute approximate surface area is 130 Å². The van der Waals surface area contributed by atoms with Gasteiger partial charge in [-0.3, -0.25) is 0 Å². The average Bonchev–Trinajstić information content (AvgIpc) is 2.49. The van der Waals surface area contributed by atoms with E-state index >= 15 is 0 Å². The molecule has 0 fully saturated rings. The smallest absolute Gasteiger partial charge is 0.158 e. The van der Waals surface area contributed by atoms with Crippen LogP contribution < -0.4 is 5.73 Å². The second-order valence-electron chi connectivity index (χ2n) is 5.41. The van der Waals surface area contributed by atoms with Crippen molar-refractivity contribution in [2.24, 2.45) is 0 Å². The molecule has 0 radical (unpaired) electrons. The minimum absolute atomic E-state index is 0.0243. The summed E-state index contributed by atoms with van der Waals surface area (Å²) in [6, 6.07) is 20.6. The van der Waals surface area contributed by atoms with E-state index in [0.717, 1.165) is 21.9 Å². The number of rotatable bonds is 4. The first kappa shape index (κ1) is 14.6. The Morgan fingerprint density at radius 3 is 2.23 bits per heavy atom. The number of fused-ring (bicyclic) bond motifs is 1. The Kier molecular flexibility index (Phi) is 3.86. The molecule has 0 aliphatic heterocycles. The van der Waals surface area contributed by atoms with Gasteiger partial charge in [0.05, 0.1) is 11.5 Å². The van der Waals surface area contributed by atoms with Crippen LogP contribution in [0.2, 0.25) is 0 Å². The molecule has 0 bridgehead atoms. The molecular weight excluding hydrogens is 294 g/mol. The summed E-state index contributed by atoms with van der Waals surface area (Å²) in [5.74, 6) is 0.0647. The number of hydrogen-bond acceptors (Lipinski definition) is 3. The Morgan fingerprint density at radius 2 is 1.45 bits per heavy atom. The van der Waals surface area contributed by atoms with Crippen molar-refractivity contribution in [3.63, 3.8) is 0 Å². The Bertz CT molecular complexity index is 895. The van der Waals surface area contributed by atoms with Crippen LogP contribution in [-0.4, -0.2) is 8.42 Å². The lowest BCUT2D eigenvalue weighted by Gasteiger charge is -2.08. The van der Waals surface area contributed by atoms with Crippen LogP contribution in [0.1, 0.15) is 11.1 Å². The van der Waals surface area contributed by atoms with Crippen molar-refractivity contribution in [1.82, 2.24) is 0 Å². The van der Waals surface area contributed by atoms with Crippen LogP contribution in [0.5, 0.6) is 0 Å². The van der Waals surface area contributed by atoms with Gasteiger partial charge < -0.3 is 5.73 Å². The van der Waals surface area contributed by atoms with Gasteiger partial charge >= 0.3 is 0 Å². The van der Waals surface area contributed by atoms with E-state index in [4.69, 9.17) is 5.73 Å². The molecule has 0 unspecified atom stereocenters. The maximum absolute atomic E-state index is 12.5. The maximum atomic E-state index is 12.5. The van der Waals surface area contributed by atoms with E-state index in [0.29, 0.717) is 5.69 Å². The first-order chi connectivity index (χ1) is 10.5. The number of nitrogen functional groups attached to an aromatic ring is 1. The molecule has 22 heavy (non-hydrogen) atoms. The van der Waals surface area contributed by atoms with Crippen LogP contribution in [0.15, 0.2) is 66.7 Å². The summed E-state index contributed by atoms with van der Waals surface area (Å²) < 4.78 is 24.9. The molecule has 0 aromatic heterocycles. The van der Waals surface area contributed by atoms with Crippen LogP contribution in [0.4, 0.5) is 5.69 Å². The number of nitrogens with two attached hydrogens (primary N) is 1. The molecule has 0 amide bonds. The van der Waals surface area contributed by atoms with Gasteiger partial charge in [0.1, 0.15) is 0 Å². The molecule has 2 N–H and O–H groups in total. The minimum Gasteiger partial charge on any atom is -0.399 e. The molecule has 3 aromatic rings. The van der Waals surface area contributed by atoms with Gasteiger partial charge in [0.15, 0.2) is 9.84 Å². The molecule has 3 nitrogen and oxygen atoms in total. The SMILES string of the molecule is Nc1ccc(CS(=O)(=O)Cc2cccc3ccccc23)cc1. The van der Waals surface area contributed by atoms with Crippen molar-refractivity contribution in [2.75, 3.05) is 5.73 Å². The fraction of sp³-hybridized carbons (Fsp3) is 0.111. The summed E-state index contributed by atoms with van der Waals surface area (Å²) in [6.45, 7) is 0. The van der Waals surface area contributed by atoms with E-state index in [1.165, 1.54) is 0 Å². The van der Waals surface area contributed by atoms with Crippen molar-refractivity contribution in [3.8, 4) is 0 Å². The molecule has 0 spiro atoms. The zero-order valence-electron chi connectivity index (χ0n) is 12.1. The predicted molar refractivity (Wildman–Crippen MR) is 91.1 cm³/mol. The molecule has 0 aliphatic carbocycles. The number of benzene rings is 3. The molecule has 3 rings (SSSR count). The molecule has 112 valence electrons. The van der Waals surface area contributed by atoms with Crippen LogP contribution in [0.25, 0.3) is 10.8 Å². The summed E-state index contributed by atoms with van der Waals surface area (Å²) in [7, 11) is -3.23. The van der Waals surface area contributed by atoms with Gasteiger partial charge in [-0.1, -0.05) is 54.6 Å². The van der Waals surface area contributed by atoms with E-state index in [-0.39, 0.29) is 11.5 Å². The third-order valence-electron chi connectivity index (χ3n) is 3.62. The molecule has 0 atom stereocenters. The fourth-order valence-corrected chi connectivity index (χ4v) is 4.10. The summed E-state index contributed by atoms with van der Waals surface area (Å²) in [6.07, 6.45) is 0. The average molecular weight is 311 g/mol. The number of sulfone groups is 1.